The summed E-state index contributed by atoms with van der Waals surface area (Å²) >= 11 is 0. The molecule has 124 valence electrons. The number of fused-ring (bicyclic) bond motifs is 5. The van der Waals surface area contributed by atoms with E-state index in [1.165, 1.54) is 38.5 Å². The number of hydrogen-bond acceptors (Lipinski definition) is 3. The molecule has 4 saturated carbocycles. The Morgan fingerprint density at radius 2 is 1.73 bits per heavy atom. The van der Waals surface area contributed by atoms with E-state index in [9.17, 15) is 5.11 Å². The molecule has 0 aromatic heterocycles. The van der Waals surface area contributed by atoms with Crippen molar-refractivity contribution >= 4 is 5.71 Å². The molecule has 0 radical (unpaired) electrons. The molecule has 4 fully saturated rings. The molecule has 4 aliphatic carbocycles. The molecule has 4 rings (SSSR count). The van der Waals surface area contributed by atoms with Crippen molar-refractivity contribution in [2.75, 3.05) is 0 Å². The van der Waals surface area contributed by atoms with Crippen molar-refractivity contribution in [1.29, 1.82) is 0 Å². The Balaban J connectivity index is 1.62. The average molecular weight is 305 g/mol. The zero-order valence-corrected chi connectivity index (χ0v) is 14.1. The van der Waals surface area contributed by atoms with Crippen LogP contribution in [0.5, 0.6) is 0 Å². The molecular weight excluding hydrogens is 274 g/mol. The molecule has 0 saturated heterocycles. The van der Waals surface area contributed by atoms with E-state index in [-0.39, 0.29) is 11.5 Å². The minimum atomic E-state index is -0.0662. The van der Waals surface area contributed by atoms with Gasteiger partial charge in [0, 0.05) is 0 Å². The van der Waals surface area contributed by atoms with Crippen molar-refractivity contribution in [2.45, 2.75) is 77.7 Å². The molecule has 2 N–H and O–H groups in total. The summed E-state index contributed by atoms with van der Waals surface area (Å²) < 4.78 is 0. The van der Waals surface area contributed by atoms with E-state index in [1.54, 1.807) is 0 Å². The Morgan fingerprint density at radius 1 is 0.955 bits per heavy atom. The van der Waals surface area contributed by atoms with Crippen LogP contribution in [0.15, 0.2) is 5.16 Å². The van der Waals surface area contributed by atoms with Crippen LogP contribution in [0.2, 0.25) is 0 Å². The Bertz CT molecular complexity index is 490. The van der Waals surface area contributed by atoms with Crippen LogP contribution in [0.3, 0.4) is 0 Å². The van der Waals surface area contributed by atoms with Crippen molar-refractivity contribution < 1.29 is 10.3 Å². The van der Waals surface area contributed by atoms with E-state index in [0.29, 0.717) is 11.3 Å². The predicted octanol–water partition coefficient (Wildman–Crippen LogP) is 4.22. The summed E-state index contributed by atoms with van der Waals surface area (Å²) in [6.07, 6.45) is 10.5. The van der Waals surface area contributed by atoms with Crippen LogP contribution in [0.1, 0.15) is 71.6 Å². The summed E-state index contributed by atoms with van der Waals surface area (Å²) in [5, 5.41) is 23.2. The third-order valence-corrected chi connectivity index (χ3v) is 8.59. The summed E-state index contributed by atoms with van der Waals surface area (Å²) in [6, 6.07) is 0. The second-order valence-electron chi connectivity index (χ2n) is 9.16. The minimum absolute atomic E-state index is 0.0662. The zero-order valence-electron chi connectivity index (χ0n) is 14.1. The monoisotopic (exact) mass is 305 g/mol. The van der Waals surface area contributed by atoms with E-state index in [1.807, 2.05) is 0 Å². The molecule has 4 aliphatic rings. The summed E-state index contributed by atoms with van der Waals surface area (Å²) in [7, 11) is 0. The number of aliphatic hydroxyl groups is 1. The van der Waals surface area contributed by atoms with Gasteiger partial charge in [-0.3, -0.25) is 0 Å². The van der Waals surface area contributed by atoms with Gasteiger partial charge in [-0.15, -0.1) is 0 Å². The summed E-state index contributed by atoms with van der Waals surface area (Å²) in [6.45, 7) is 4.88. The fraction of sp³-hybridized carbons (Fsp3) is 0.947. The molecule has 3 heteroatoms. The van der Waals surface area contributed by atoms with Gasteiger partial charge in [0.05, 0.1) is 11.8 Å². The zero-order chi connectivity index (χ0) is 15.5. The maximum atomic E-state index is 10.5. The number of hydrogen-bond donors (Lipinski definition) is 2. The number of oxime groups is 1. The van der Waals surface area contributed by atoms with Crippen LogP contribution in [0.25, 0.3) is 0 Å². The van der Waals surface area contributed by atoms with Crippen LogP contribution in [0.4, 0.5) is 0 Å². The SMILES string of the molecule is C[C@]12CC/C(=N/O)C[C@@H]1CC[C@H]1[C@H]3CC[C@H](O)[C@]3(C)CC[C@@H]12. The van der Waals surface area contributed by atoms with Gasteiger partial charge in [0.25, 0.3) is 0 Å². The largest absolute Gasteiger partial charge is 0.411 e. The highest BCUT2D eigenvalue weighted by atomic mass is 16.4. The van der Waals surface area contributed by atoms with E-state index >= 15 is 0 Å². The fourth-order valence-electron chi connectivity index (χ4n) is 7.12. The van der Waals surface area contributed by atoms with Crippen LogP contribution < -0.4 is 0 Å². The second kappa shape index (κ2) is 4.96. The molecule has 0 heterocycles. The van der Waals surface area contributed by atoms with E-state index in [2.05, 4.69) is 19.0 Å². The van der Waals surface area contributed by atoms with Gasteiger partial charge in [0.15, 0.2) is 0 Å². The number of aliphatic hydroxyl groups excluding tert-OH is 1. The van der Waals surface area contributed by atoms with Gasteiger partial charge >= 0.3 is 0 Å². The number of rotatable bonds is 0. The lowest BCUT2D eigenvalue weighted by Crippen LogP contribution is -2.54. The molecule has 0 aromatic rings. The predicted molar refractivity (Wildman–Crippen MR) is 87.0 cm³/mol. The van der Waals surface area contributed by atoms with Crippen LogP contribution in [-0.4, -0.2) is 22.1 Å². The Kier molecular flexibility index (Phi) is 3.38. The first-order valence-electron chi connectivity index (χ1n) is 9.37. The summed E-state index contributed by atoms with van der Waals surface area (Å²) in [5.74, 6) is 3.11. The van der Waals surface area contributed by atoms with Crippen molar-refractivity contribution in [1.82, 2.24) is 0 Å². The van der Waals surface area contributed by atoms with Crippen LogP contribution >= 0.6 is 0 Å². The molecule has 0 spiro atoms. The average Bonchev–Trinajstić information content (AvgIpc) is 2.82. The first-order chi connectivity index (χ1) is 10.5. The maximum Gasteiger partial charge on any atom is 0.0596 e. The molecule has 0 unspecified atom stereocenters. The van der Waals surface area contributed by atoms with Crippen LogP contribution in [0, 0.1) is 34.5 Å². The van der Waals surface area contributed by atoms with Gasteiger partial charge < -0.3 is 10.3 Å². The summed E-state index contributed by atoms with van der Waals surface area (Å²) in [4.78, 5) is 0. The normalized spacial score (nSPS) is 56.3. The standard InChI is InChI=1S/C19H31NO2/c1-18-9-7-13(20-22)11-12(18)3-4-14-15-5-6-17(21)19(15,2)10-8-16(14)18/h12,14-17,21-22H,3-11H2,1-2H3/b20-13-/t12-,14-,15+,16-,17-,18-,19+/m0/s1. The van der Waals surface area contributed by atoms with Crippen molar-refractivity contribution in [3.05, 3.63) is 0 Å². The molecular formula is C19H31NO2. The van der Waals surface area contributed by atoms with Gasteiger partial charge in [-0.25, -0.2) is 0 Å². The Labute approximate surface area is 134 Å². The molecule has 0 aliphatic heterocycles. The molecule has 0 aromatic carbocycles. The van der Waals surface area contributed by atoms with Gasteiger partial charge in [0.2, 0.25) is 0 Å². The van der Waals surface area contributed by atoms with Crippen molar-refractivity contribution in [3.8, 4) is 0 Å². The lowest BCUT2D eigenvalue weighted by Gasteiger charge is -2.60. The Morgan fingerprint density at radius 3 is 2.50 bits per heavy atom. The van der Waals surface area contributed by atoms with Gasteiger partial charge in [-0.2, -0.15) is 0 Å². The number of nitrogens with zero attached hydrogens (tertiary/aromatic N) is 1. The minimum Gasteiger partial charge on any atom is -0.411 e. The molecule has 7 atom stereocenters. The van der Waals surface area contributed by atoms with Crippen molar-refractivity contribution in [3.63, 3.8) is 0 Å². The van der Waals surface area contributed by atoms with E-state index in [0.717, 1.165) is 42.7 Å². The Hall–Kier alpha value is -0.570. The smallest absolute Gasteiger partial charge is 0.0596 e. The third-order valence-electron chi connectivity index (χ3n) is 8.59. The van der Waals surface area contributed by atoms with Gasteiger partial charge in [-0.05, 0) is 92.3 Å². The van der Waals surface area contributed by atoms with Crippen molar-refractivity contribution in [2.24, 2.45) is 39.7 Å². The molecule has 0 amide bonds. The fourth-order valence-corrected chi connectivity index (χ4v) is 7.12. The quantitative estimate of drug-likeness (QED) is 0.520. The summed E-state index contributed by atoms with van der Waals surface area (Å²) in [5.41, 5.74) is 1.65. The van der Waals surface area contributed by atoms with E-state index < -0.39 is 0 Å². The molecule has 0 bridgehead atoms. The lowest BCUT2D eigenvalue weighted by atomic mass is 9.45. The topological polar surface area (TPSA) is 52.8 Å². The highest BCUT2D eigenvalue weighted by Crippen LogP contribution is 2.65. The highest BCUT2D eigenvalue weighted by molar-refractivity contribution is 5.85. The lowest BCUT2D eigenvalue weighted by molar-refractivity contribution is -0.112. The maximum absolute atomic E-state index is 10.5. The molecule has 3 nitrogen and oxygen atoms in total. The van der Waals surface area contributed by atoms with Crippen LogP contribution in [-0.2, 0) is 0 Å². The van der Waals surface area contributed by atoms with Gasteiger partial charge in [0.1, 0.15) is 0 Å². The van der Waals surface area contributed by atoms with Gasteiger partial charge in [-0.1, -0.05) is 19.0 Å². The third kappa shape index (κ3) is 1.87. The second-order valence-corrected chi connectivity index (χ2v) is 9.16. The van der Waals surface area contributed by atoms with E-state index in [4.69, 9.17) is 5.21 Å². The first-order valence-corrected chi connectivity index (χ1v) is 9.37. The first kappa shape index (κ1) is 15.0. The highest BCUT2D eigenvalue weighted by Gasteiger charge is 2.59. The molecule has 22 heavy (non-hydrogen) atoms.